The van der Waals surface area contributed by atoms with Crippen molar-refractivity contribution in [1.29, 1.82) is 0 Å². The fraction of sp³-hybridized carbons (Fsp3) is 0. The summed E-state index contributed by atoms with van der Waals surface area (Å²) < 4.78 is 31.6. The molecule has 0 rings (SSSR count). The summed E-state index contributed by atoms with van der Waals surface area (Å²) in [7, 11) is -9.28. The average Bonchev–Trinajstić information content (AvgIpc) is 1.12. The predicted molar refractivity (Wildman–Crippen MR) is 44.8 cm³/mol. The van der Waals surface area contributed by atoms with Crippen LogP contribution in [0.3, 0.4) is 0 Å². The zero-order valence-corrected chi connectivity index (χ0v) is 11.3. The van der Waals surface area contributed by atoms with E-state index in [1.54, 1.807) is 0 Å². The van der Waals surface area contributed by atoms with Gasteiger partial charge in [0.1, 0.15) is 0 Å². The smallest absolute Gasteiger partial charge is 1.00 e. The van der Waals surface area contributed by atoms with Crippen LogP contribution in [0.4, 0.5) is 0 Å². The molecule has 0 bridgehead atoms. The molecule has 0 saturated carbocycles. The quantitative estimate of drug-likeness (QED) is 0.193. The molecule has 0 atom stereocenters. The van der Waals surface area contributed by atoms with E-state index in [4.69, 9.17) is 36.7 Å². The molecule has 8 nitrogen and oxygen atoms in total. The zero-order valence-electron chi connectivity index (χ0n) is 9.82. The van der Waals surface area contributed by atoms with Gasteiger partial charge in [0, 0.05) is 0 Å². The van der Waals surface area contributed by atoms with Gasteiger partial charge in [-0.1, -0.05) is 0 Å². The summed E-state index contributed by atoms with van der Waals surface area (Å²) in [4.78, 5) is 29.3. The van der Waals surface area contributed by atoms with Crippen LogP contribution in [0.25, 0.3) is 0 Å². The maximum absolute atomic E-state index is 8.74. The molecule has 0 aliphatic rings. The first-order valence-corrected chi connectivity index (χ1v) is 4.78. The first-order chi connectivity index (χ1) is 4.00. The zero-order chi connectivity index (χ0) is 9.00. The fourth-order valence-electron chi connectivity index (χ4n) is 0. The van der Waals surface area contributed by atoms with E-state index in [2.05, 4.69) is 0 Å². The molecule has 0 amide bonds. The summed E-state index contributed by atoms with van der Waals surface area (Å²) in [6.07, 6.45) is 0. The Morgan fingerprint density at radius 2 is 1.00 bits per heavy atom. The maximum Gasteiger partial charge on any atom is 2.00 e. The molecule has 12 heteroatoms. The van der Waals surface area contributed by atoms with Crippen LogP contribution in [0.2, 0.25) is 0 Å². The second-order valence-corrected chi connectivity index (χ2v) is 3.14. The molecule has 0 aromatic rings. The van der Waals surface area contributed by atoms with Crippen LogP contribution in [0.15, 0.2) is 0 Å². The predicted octanol–water partition coefficient (Wildman–Crippen LogP) is -3.57. The summed E-state index contributed by atoms with van der Waals surface area (Å²) in [5.41, 5.74) is 0. The molecule has 0 radical (unpaired) electrons. The van der Waals surface area contributed by atoms with Gasteiger partial charge in [0.25, 0.3) is 0 Å². The minimum atomic E-state index is -4.67. The van der Waals surface area contributed by atoms with Crippen LogP contribution in [-0.4, -0.2) is 107 Å². The van der Waals surface area contributed by atoms with E-state index in [9.17, 15) is 0 Å². The Balaban J connectivity index is -0.00000000970. The summed E-state index contributed by atoms with van der Waals surface area (Å²) in [5.74, 6) is 0. The minimum absolute atomic E-state index is 0. The van der Waals surface area contributed by atoms with E-state index in [1.807, 2.05) is 0 Å². The Morgan fingerprint density at radius 3 is 1.00 bits per heavy atom. The number of rotatable bonds is 0. The van der Waals surface area contributed by atoms with Gasteiger partial charge < -0.3 is 24.9 Å². The van der Waals surface area contributed by atoms with Crippen molar-refractivity contribution in [3.63, 3.8) is 0 Å². The average molecular weight is 263 g/mol. The molecule has 0 aliphatic heterocycles. The monoisotopic (exact) mass is 262 g/mol. The minimum Gasteiger partial charge on any atom is -1.00 e. The van der Waals surface area contributed by atoms with Gasteiger partial charge in [-0.25, -0.2) is 0 Å². The molecule has 72 valence electrons. The molecular formula is H10CaMgO8SSi. The first kappa shape index (κ1) is 23.6. The van der Waals surface area contributed by atoms with Crippen molar-refractivity contribution in [2.75, 3.05) is 0 Å². The molecule has 0 aliphatic carbocycles. The van der Waals surface area contributed by atoms with E-state index in [1.165, 1.54) is 0 Å². The molecule has 0 unspecified atom stereocenters. The second kappa shape index (κ2) is 9.51. The van der Waals surface area contributed by atoms with Crippen molar-refractivity contribution in [2.24, 2.45) is 0 Å². The maximum atomic E-state index is 8.74. The van der Waals surface area contributed by atoms with Gasteiger partial charge in [-0.3, -0.25) is 9.11 Å². The Kier molecular flexibility index (Phi) is 18.7. The summed E-state index contributed by atoms with van der Waals surface area (Å²) in [5, 5.41) is 0. The third kappa shape index (κ3) is 376. The molecule has 0 fully saturated rings. The van der Waals surface area contributed by atoms with Crippen LogP contribution in [0.5, 0.6) is 0 Å². The summed E-state index contributed by atoms with van der Waals surface area (Å²) in [6, 6.07) is 0. The van der Waals surface area contributed by atoms with Crippen LogP contribution in [0, 0.1) is 0 Å². The van der Waals surface area contributed by atoms with Gasteiger partial charge in [-0.15, -0.1) is 0 Å². The van der Waals surface area contributed by atoms with Gasteiger partial charge in [0.2, 0.25) is 0 Å². The van der Waals surface area contributed by atoms with Gasteiger partial charge in [-0.05, 0) is 0 Å². The Morgan fingerprint density at radius 1 is 1.00 bits per heavy atom. The van der Waals surface area contributed by atoms with Crippen LogP contribution < -0.4 is 0 Å². The fourth-order valence-corrected chi connectivity index (χ4v) is 0. The van der Waals surface area contributed by atoms with Crippen LogP contribution in [0.1, 0.15) is 5.71 Å². The number of hydrogen-bond donors (Lipinski definition) is 6. The topological polar surface area (TPSA) is 156 Å². The van der Waals surface area contributed by atoms with E-state index in [-0.39, 0.29) is 66.5 Å². The van der Waals surface area contributed by atoms with Gasteiger partial charge >= 0.3 is 80.2 Å². The van der Waals surface area contributed by atoms with Crippen molar-refractivity contribution < 1.29 is 42.4 Å². The van der Waals surface area contributed by atoms with Gasteiger partial charge in [0.15, 0.2) is 0 Å². The molecule has 0 spiro atoms. The van der Waals surface area contributed by atoms with E-state index in [0.717, 1.165) is 0 Å². The van der Waals surface area contributed by atoms with Gasteiger partial charge in [-0.2, -0.15) is 8.42 Å². The van der Waals surface area contributed by atoms with Gasteiger partial charge in [0.05, 0.1) is 0 Å². The van der Waals surface area contributed by atoms with E-state index < -0.39 is 19.4 Å². The Bertz CT molecular complexity index is 167. The molecule has 0 aromatic carbocycles. The molecule has 12 heavy (non-hydrogen) atoms. The Hall–Kier alpha value is 1.95. The number of hydrogen-bond acceptors (Lipinski definition) is 6. The Labute approximate surface area is 121 Å². The molecule has 0 saturated heterocycles. The van der Waals surface area contributed by atoms with Crippen LogP contribution in [-0.2, 0) is 10.4 Å². The first-order valence-electron chi connectivity index (χ1n) is 1.59. The van der Waals surface area contributed by atoms with Crippen molar-refractivity contribution in [3.8, 4) is 0 Å². The molecule has 6 N–H and O–H groups in total. The third-order valence-corrected chi connectivity index (χ3v) is 0. The van der Waals surface area contributed by atoms with Crippen molar-refractivity contribution >= 4 is 80.2 Å². The molecular weight excluding hydrogens is 253 g/mol. The van der Waals surface area contributed by atoms with E-state index in [0.29, 0.717) is 0 Å². The summed E-state index contributed by atoms with van der Waals surface area (Å²) >= 11 is 0. The summed E-state index contributed by atoms with van der Waals surface area (Å²) in [6.45, 7) is 0. The SMILES string of the molecule is O=S(=O)(O)O.O[Si](O)(O)O.[Ca+2].[H-].[H-].[H-].[H-].[Mg+2]. The van der Waals surface area contributed by atoms with Crippen molar-refractivity contribution in [1.82, 2.24) is 0 Å². The molecule has 0 aromatic heterocycles. The van der Waals surface area contributed by atoms with Crippen molar-refractivity contribution in [3.05, 3.63) is 0 Å². The van der Waals surface area contributed by atoms with Crippen molar-refractivity contribution in [2.45, 2.75) is 0 Å². The largest absolute Gasteiger partial charge is 2.00 e. The van der Waals surface area contributed by atoms with E-state index >= 15 is 0 Å². The molecule has 0 heterocycles. The second-order valence-electron chi connectivity index (χ2n) is 1.05. The third-order valence-electron chi connectivity index (χ3n) is 0. The normalized spacial score (nSPS) is 9.83. The standard InChI is InChI=1S/Ca.Mg.H2O4S.H4O4Si.4H/c;;2*1-5(2,3)4;;;;/h;;(H2,1,2,3,4);1-4H;;;;/q2*+2;;;4*-1. The van der Waals surface area contributed by atoms with Crippen LogP contribution >= 0.6 is 0 Å².